The van der Waals surface area contributed by atoms with E-state index in [0.717, 1.165) is 50.8 Å². The fourth-order valence-electron chi connectivity index (χ4n) is 6.23. The predicted molar refractivity (Wildman–Crippen MR) is 188 cm³/mol. The molecular weight excluding hydrogens is 548 g/mol. The van der Waals surface area contributed by atoms with Crippen molar-refractivity contribution >= 4 is 55.9 Å². The van der Waals surface area contributed by atoms with Crippen LogP contribution in [-0.4, -0.2) is 9.55 Å². The van der Waals surface area contributed by atoms with Crippen LogP contribution in [0.5, 0.6) is 0 Å². The zero-order chi connectivity index (χ0) is 30.0. The third-order valence-corrected chi connectivity index (χ3v) is 8.23. The summed E-state index contributed by atoms with van der Waals surface area (Å²) in [6.07, 6.45) is 3.84. The van der Waals surface area contributed by atoms with E-state index in [4.69, 9.17) is 0 Å². The summed E-state index contributed by atoms with van der Waals surface area (Å²) in [5.74, 6) is 0. The summed E-state index contributed by atoms with van der Waals surface area (Å²) in [6.45, 7) is 0. The van der Waals surface area contributed by atoms with Crippen LogP contribution in [0.3, 0.4) is 0 Å². The van der Waals surface area contributed by atoms with E-state index >= 15 is 0 Å². The van der Waals surface area contributed by atoms with Crippen LogP contribution < -0.4 is 9.80 Å². The molecule has 0 unspecified atom stereocenters. The maximum atomic E-state index is 4.48. The molecule has 0 fully saturated rings. The standard InChI is InChI=1S/C41H30N4/c1-5-13-31(14-6-1)43(32-15-7-2-8-16-32)35-21-23-36(24-22-35)44(33-17-9-3-10-18-33)37-25-26-40-39(29-37)38-27-28-42-30-41(38)45(40)34-19-11-4-12-20-34/h1-30H. The van der Waals surface area contributed by atoms with Gasteiger partial charge in [-0.1, -0.05) is 72.8 Å². The Morgan fingerprint density at radius 3 is 1.36 bits per heavy atom. The number of pyridine rings is 1. The van der Waals surface area contributed by atoms with Crippen LogP contribution in [0.2, 0.25) is 0 Å². The minimum Gasteiger partial charge on any atom is -0.311 e. The third kappa shape index (κ3) is 4.89. The largest absolute Gasteiger partial charge is 0.311 e. The highest BCUT2D eigenvalue weighted by Crippen LogP contribution is 2.41. The van der Waals surface area contributed by atoms with Gasteiger partial charge in [0.15, 0.2) is 0 Å². The molecule has 0 saturated heterocycles. The van der Waals surface area contributed by atoms with Crippen molar-refractivity contribution in [3.05, 3.63) is 182 Å². The molecule has 0 N–H and O–H groups in total. The van der Waals surface area contributed by atoms with Crippen molar-refractivity contribution < 1.29 is 0 Å². The second kappa shape index (κ2) is 11.5. The van der Waals surface area contributed by atoms with E-state index in [0.29, 0.717) is 0 Å². The molecule has 0 aliphatic rings. The molecule has 0 spiro atoms. The Bertz CT molecular complexity index is 2150. The molecule has 2 heterocycles. The van der Waals surface area contributed by atoms with Crippen LogP contribution in [0.25, 0.3) is 27.5 Å². The van der Waals surface area contributed by atoms with Crippen molar-refractivity contribution in [1.29, 1.82) is 0 Å². The van der Waals surface area contributed by atoms with Gasteiger partial charge in [-0.2, -0.15) is 0 Å². The van der Waals surface area contributed by atoms with Crippen molar-refractivity contribution in [1.82, 2.24) is 9.55 Å². The SMILES string of the molecule is c1ccc(N(c2ccccc2)c2ccc(N(c3ccccc3)c3ccc4c(c3)c3ccncc3n4-c3ccccc3)cc2)cc1. The summed E-state index contributed by atoms with van der Waals surface area (Å²) in [4.78, 5) is 9.09. The van der Waals surface area contributed by atoms with Gasteiger partial charge in [0.1, 0.15) is 0 Å². The van der Waals surface area contributed by atoms with Gasteiger partial charge in [-0.15, -0.1) is 0 Å². The van der Waals surface area contributed by atoms with Gasteiger partial charge in [0, 0.05) is 56.8 Å². The molecule has 0 atom stereocenters. The van der Waals surface area contributed by atoms with Gasteiger partial charge in [-0.25, -0.2) is 0 Å². The molecule has 4 nitrogen and oxygen atoms in total. The Balaban J connectivity index is 1.26. The van der Waals surface area contributed by atoms with E-state index in [9.17, 15) is 0 Å². The van der Waals surface area contributed by atoms with Gasteiger partial charge in [0.05, 0.1) is 17.2 Å². The molecule has 2 aromatic heterocycles. The quantitative estimate of drug-likeness (QED) is 0.188. The van der Waals surface area contributed by atoms with Gasteiger partial charge in [0.25, 0.3) is 0 Å². The lowest BCUT2D eigenvalue weighted by Gasteiger charge is -2.28. The molecule has 0 saturated carbocycles. The van der Waals surface area contributed by atoms with Crippen molar-refractivity contribution in [3.63, 3.8) is 0 Å². The Labute approximate surface area is 262 Å². The first-order valence-electron chi connectivity index (χ1n) is 15.1. The second-order valence-electron chi connectivity index (χ2n) is 11.0. The summed E-state index contributed by atoms with van der Waals surface area (Å²) in [6, 6.07) is 59.8. The smallest absolute Gasteiger partial charge is 0.0724 e. The summed E-state index contributed by atoms with van der Waals surface area (Å²) in [5.41, 5.74) is 9.96. The average Bonchev–Trinajstić information content (AvgIpc) is 3.45. The van der Waals surface area contributed by atoms with Crippen LogP contribution in [0.1, 0.15) is 0 Å². The van der Waals surface area contributed by atoms with E-state index in [1.54, 1.807) is 0 Å². The third-order valence-electron chi connectivity index (χ3n) is 8.23. The van der Waals surface area contributed by atoms with Gasteiger partial charge in [-0.05, 0) is 97.1 Å². The van der Waals surface area contributed by atoms with E-state index < -0.39 is 0 Å². The molecule has 0 bridgehead atoms. The molecule has 8 rings (SSSR count). The first-order valence-corrected chi connectivity index (χ1v) is 15.1. The first kappa shape index (κ1) is 26.5. The molecule has 45 heavy (non-hydrogen) atoms. The summed E-state index contributed by atoms with van der Waals surface area (Å²) in [7, 11) is 0. The number of benzene rings is 6. The van der Waals surface area contributed by atoms with Crippen molar-refractivity contribution in [2.45, 2.75) is 0 Å². The van der Waals surface area contributed by atoms with E-state index in [1.165, 1.54) is 10.8 Å². The number of hydrogen-bond acceptors (Lipinski definition) is 3. The maximum absolute atomic E-state index is 4.48. The lowest BCUT2D eigenvalue weighted by atomic mass is 10.1. The van der Waals surface area contributed by atoms with Crippen LogP contribution in [-0.2, 0) is 0 Å². The molecule has 8 aromatic rings. The second-order valence-corrected chi connectivity index (χ2v) is 11.0. The van der Waals surface area contributed by atoms with Crippen molar-refractivity contribution in [2.24, 2.45) is 0 Å². The normalized spacial score (nSPS) is 11.1. The van der Waals surface area contributed by atoms with Gasteiger partial charge >= 0.3 is 0 Å². The lowest BCUT2D eigenvalue weighted by molar-refractivity contribution is 1.16. The number of fused-ring (bicyclic) bond motifs is 3. The zero-order valence-corrected chi connectivity index (χ0v) is 24.6. The summed E-state index contributed by atoms with van der Waals surface area (Å²) < 4.78 is 2.30. The zero-order valence-electron chi connectivity index (χ0n) is 24.6. The fourth-order valence-corrected chi connectivity index (χ4v) is 6.23. The Kier molecular flexibility index (Phi) is 6.78. The molecule has 214 valence electrons. The molecule has 6 aromatic carbocycles. The van der Waals surface area contributed by atoms with Crippen LogP contribution in [0.15, 0.2) is 182 Å². The molecule has 0 radical (unpaired) electrons. The summed E-state index contributed by atoms with van der Waals surface area (Å²) >= 11 is 0. The highest BCUT2D eigenvalue weighted by atomic mass is 15.2. The van der Waals surface area contributed by atoms with Crippen LogP contribution in [0.4, 0.5) is 34.1 Å². The molecule has 4 heteroatoms. The number of nitrogens with zero attached hydrogens (tertiary/aromatic N) is 4. The molecule has 0 aliphatic heterocycles. The minimum absolute atomic E-state index is 1.08. The number of para-hydroxylation sites is 4. The monoisotopic (exact) mass is 578 g/mol. The number of rotatable bonds is 7. The van der Waals surface area contributed by atoms with E-state index in [1.807, 2.05) is 12.4 Å². The average molecular weight is 579 g/mol. The Morgan fingerprint density at radius 1 is 0.378 bits per heavy atom. The van der Waals surface area contributed by atoms with Crippen molar-refractivity contribution in [2.75, 3.05) is 9.80 Å². The Morgan fingerprint density at radius 2 is 0.822 bits per heavy atom. The Hall–Kier alpha value is -6.13. The van der Waals surface area contributed by atoms with E-state index in [2.05, 4.69) is 189 Å². The van der Waals surface area contributed by atoms with Gasteiger partial charge < -0.3 is 14.4 Å². The highest BCUT2D eigenvalue weighted by molar-refractivity contribution is 6.10. The van der Waals surface area contributed by atoms with Crippen LogP contribution >= 0.6 is 0 Å². The lowest BCUT2D eigenvalue weighted by Crippen LogP contribution is -2.12. The predicted octanol–water partition coefficient (Wildman–Crippen LogP) is 11.1. The van der Waals surface area contributed by atoms with Gasteiger partial charge in [-0.3, -0.25) is 4.98 Å². The van der Waals surface area contributed by atoms with Gasteiger partial charge in [0.2, 0.25) is 0 Å². The number of hydrogen-bond donors (Lipinski definition) is 0. The first-order chi connectivity index (χ1) is 22.3. The minimum atomic E-state index is 1.08. The molecule has 0 aliphatic carbocycles. The number of aromatic nitrogens is 2. The number of anilines is 6. The molecular formula is C41H30N4. The van der Waals surface area contributed by atoms with E-state index in [-0.39, 0.29) is 0 Å². The molecule has 0 amide bonds. The van der Waals surface area contributed by atoms with Crippen molar-refractivity contribution in [3.8, 4) is 5.69 Å². The fraction of sp³-hybridized carbons (Fsp3) is 0. The topological polar surface area (TPSA) is 24.3 Å². The summed E-state index contributed by atoms with van der Waals surface area (Å²) in [5, 5.41) is 2.36. The maximum Gasteiger partial charge on any atom is 0.0724 e. The highest BCUT2D eigenvalue weighted by Gasteiger charge is 2.18. The van der Waals surface area contributed by atoms with Crippen LogP contribution in [0, 0.1) is 0 Å².